The molecule has 0 bridgehead atoms. The van der Waals surface area contributed by atoms with Crippen molar-refractivity contribution in [2.24, 2.45) is 0 Å². The van der Waals surface area contributed by atoms with Crippen molar-refractivity contribution in [1.82, 2.24) is 9.88 Å². The molecule has 2 aromatic rings. The summed E-state index contributed by atoms with van der Waals surface area (Å²) < 4.78 is 0.672. The number of pyridine rings is 1. The Morgan fingerprint density at radius 2 is 2.09 bits per heavy atom. The molecule has 1 aliphatic carbocycles. The molecule has 1 unspecified atom stereocenters. The van der Waals surface area contributed by atoms with E-state index in [9.17, 15) is 19.5 Å². The van der Waals surface area contributed by atoms with Gasteiger partial charge in [0, 0.05) is 22.0 Å². The third-order valence-corrected chi connectivity index (χ3v) is 4.67. The van der Waals surface area contributed by atoms with Crippen molar-refractivity contribution in [3.63, 3.8) is 0 Å². The minimum Gasteiger partial charge on any atom is -0.480 e. The molecule has 6 nitrogen and oxygen atoms in total. The van der Waals surface area contributed by atoms with Crippen LogP contribution in [0.25, 0.3) is 10.9 Å². The first-order valence-electron chi connectivity index (χ1n) is 7.27. The molecule has 1 atom stereocenters. The fraction of sp³-hybridized carbons (Fsp3) is 0.312. The summed E-state index contributed by atoms with van der Waals surface area (Å²) in [6.07, 6.45) is 1.57. The molecular weight excluding hydrogens is 364 g/mol. The van der Waals surface area contributed by atoms with Gasteiger partial charge in [0.15, 0.2) is 0 Å². The standard InChI is InChI=1S/C16H15BrN2O4/c1-8(16(22)23)19(9-5-6-9)15(21)11-7-13(20)18-14-10(11)3-2-4-12(14)17/h2-4,7-9H,5-6H2,1H3,(H,18,20)(H,22,23). The largest absolute Gasteiger partial charge is 0.480 e. The van der Waals surface area contributed by atoms with Crippen LogP contribution in [0.1, 0.15) is 30.1 Å². The van der Waals surface area contributed by atoms with Crippen molar-refractivity contribution in [3.8, 4) is 0 Å². The van der Waals surface area contributed by atoms with Crippen LogP contribution in [0.5, 0.6) is 0 Å². The fourth-order valence-electron chi connectivity index (χ4n) is 2.69. The van der Waals surface area contributed by atoms with E-state index in [1.54, 1.807) is 18.2 Å². The summed E-state index contributed by atoms with van der Waals surface area (Å²) in [5.41, 5.74) is 0.360. The van der Waals surface area contributed by atoms with Crippen LogP contribution in [0.3, 0.4) is 0 Å². The average Bonchev–Trinajstić information content (AvgIpc) is 3.32. The van der Waals surface area contributed by atoms with Crippen LogP contribution in [-0.2, 0) is 4.79 Å². The number of amides is 1. The van der Waals surface area contributed by atoms with E-state index in [4.69, 9.17) is 0 Å². The van der Waals surface area contributed by atoms with Gasteiger partial charge in [-0.05, 0) is 41.8 Å². The molecule has 1 aliphatic rings. The number of rotatable bonds is 4. The van der Waals surface area contributed by atoms with E-state index in [2.05, 4.69) is 20.9 Å². The molecule has 1 amide bonds. The van der Waals surface area contributed by atoms with Gasteiger partial charge in [0.25, 0.3) is 5.91 Å². The van der Waals surface area contributed by atoms with Gasteiger partial charge in [-0.1, -0.05) is 12.1 Å². The Labute approximate surface area is 140 Å². The number of nitrogens with zero attached hydrogens (tertiary/aromatic N) is 1. The molecule has 1 aromatic heterocycles. The molecule has 1 heterocycles. The molecule has 7 heteroatoms. The Morgan fingerprint density at radius 3 is 2.70 bits per heavy atom. The van der Waals surface area contributed by atoms with Crippen LogP contribution in [-0.4, -0.2) is 39.0 Å². The summed E-state index contributed by atoms with van der Waals surface area (Å²) in [4.78, 5) is 40.2. The zero-order valence-electron chi connectivity index (χ0n) is 12.4. The number of aliphatic carboxylic acids is 1. The second-order valence-electron chi connectivity index (χ2n) is 5.67. The van der Waals surface area contributed by atoms with Crippen molar-refractivity contribution in [3.05, 3.63) is 44.7 Å². The number of fused-ring (bicyclic) bond motifs is 1. The van der Waals surface area contributed by atoms with Gasteiger partial charge < -0.3 is 15.0 Å². The van der Waals surface area contributed by atoms with Crippen molar-refractivity contribution in [2.45, 2.75) is 31.8 Å². The molecule has 3 rings (SSSR count). The van der Waals surface area contributed by atoms with Gasteiger partial charge in [0.2, 0.25) is 5.56 Å². The summed E-state index contributed by atoms with van der Waals surface area (Å²) in [5, 5.41) is 9.86. The number of carboxylic acids is 1. The first kappa shape index (κ1) is 15.7. The molecule has 0 radical (unpaired) electrons. The highest BCUT2D eigenvalue weighted by atomic mass is 79.9. The van der Waals surface area contributed by atoms with Gasteiger partial charge in [-0.25, -0.2) is 4.79 Å². The maximum absolute atomic E-state index is 12.9. The lowest BCUT2D eigenvalue weighted by Crippen LogP contribution is -2.45. The van der Waals surface area contributed by atoms with Crippen molar-refractivity contribution in [1.29, 1.82) is 0 Å². The maximum Gasteiger partial charge on any atom is 0.326 e. The van der Waals surface area contributed by atoms with Crippen molar-refractivity contribution < 1.29 is 14.7 Å². The molecule has 1 saturated carbocycles. The zero-order valence-corrected chi connectivity index (χ0v) is 14.0. The predicted molar refractivity (Wildman–Crippen MR) is 88.6 cm³/mol. The summed E-state index contributed by atoms with van der Waals surface area (Å²) in [6.45, 7) is 1.49. The highest BCUT2D eigenvalue weighted by molar-refractivity contribution is 9.10. The van der Waals surface area contributed by atoms with Crippen LogP contribution in [0.2, 0.25) is 0 Å². The van der Waals surface area contributed by atoms with Gasteiger partial charge >= 0.3 is 5.97 Å². The lowest BCUT2D eigenvalue weighted by molar-refractivity contribution is -0.141. The highest BCUT2D eigenvalue weighted by Gasteiger charge is 2.39. The Balaban J connectivity index is 2.15. The number of hydrogen-bond donors (Lipinski definition) is 2. The quantitative estimate of drug-likeness (QED) is 0.854. The lowest BCUT2D eigenvalue weighted by Gasteiger charge is -2.27. The van der Waals surface area contributed by atoms with E-state index >= 15 is 0 Å². The molecule has 2 N–H and O–H groups in total. The minimum atomic E-state index is -1.06. The number of aromatic amines is 1. The van der Waals surface area contributed by atoms with Crippen LogP contribution >= 0.6 is 15.9 Å². The van der Waals surface area contributed by atoms with Gasteiger partial charge in [-0.3, -0.25) is 9.59 Å². The molecule has 120 valence electrons. The van der Waals surface area contributed by atoms with Gasteiger partial charge in [-0.15, -0.1) is 0 Å². The number of nitrogens with one attached hydrogen (secondary N) is 1. The highest BCUT2D eigenvalue weighted by Crippen LogP contribution is 2.32. The molecule has 0 spiro atoms. The summed E-state index contributed by atoms with van der Waals surface area (Å²) in [5.74, 6) is -1.47. The smallest absolute Gasteiger partial charge is 0.326 e. The number of carbonyl (C=O) groups excluding carboxylic acids is 1. The Hall–Kier alpha value is -2.15. The number of carbonyl (C=O) groups is 2. The number of halogens is 1. The summed E-state index contributed by atoms with van der Waals surface area (Å²) in [6, 6.07) is 5.50. The predicted octanol–water partition coefficient (Wildman–Crippen LogP) is 2.37. The second kappa shape index (κ2) is 5.81. The number of H-pyrrole nitrogens is 1. The van der Waals surface area contributed by atoms with E-state index in [1.165, 1.54) is 17.9 Å². The minimum absolute atomic E-state index is 0.0740. The average molecular weight is 379 g/mol. The maximum atomic E-state index is 12.9. The molecule has 23 heavy (non-hydrogen) atoms. The monoisotopic (exact) mass is 378 g/mol. The Morgan fingerprint density at radius 1 is 1.39 bits per heavy atom. The second-order valence-corrected chi connectivity index (χ2v) is 6.52. The van der Waals surface area contributed by atoms with Crippen LogP contribution in [0, 0.1) is 0 Å². The van der Waals surface area contributed by atoms with E-state index < -0.39 is 23.5 Å². The van der Waals surface area contributed by atoms with E-state index in [1.807, 2.05) is 0 Å². The van der Waals surface area contributed by atoms with Crippen molar-refractivity contribution >= 4 is 38.7 Å². The van der Waals surface area contributed by atoms with E-state index in [0.717, 1.165) is 12.8 Å². The molecule has 1 aromatic carbocycles. The molecule has 1 fully saturated rings. The first-order valence-corrected chi connectivity index (χ1v) is 8.06. The molecular formula is C16H15BrN2O4. The van der Waals surface area contributed by atoms with Gasteiger partial charge in [-0.2, -0.15) is 0 Å². The number of carboxylic acid groups (broad SMARTS) is 1. The topological polar surface area (TPSA) is 90.5 Å². The Kier molecular flexibility index (Phi) is 3.97. The van der Waals surface area contributed by atoms with Gasteiger partial charge in [0.05, 0.1) is 11.1 Å². The third kappa shape index (κ3) is 2.88. The first-order chi connectivity index (χ1) is 10.9. The van der Waals surface area contributed by atoms with Crippen molar-refractivity contribution in [2.75, 3.05) is 0 Å². The third-order valence-electron chi connectivity index (χ3n) is 4.01. The number of aromatic nitrogens is 1. The number of hydrogen-bond acceptors (Lipinski definition) is 3. The Bertz CT molecular complexity index is 857. The summed E-state index contributed by atoms with van der Waals surface area (Å²) >= 11 is 3.36. The van der Waals surface area contributed by atoms with E-state index in [0.29, 0.717) is 15.4 Å². The normalized spacial score (nSPS) is 15.4. The lowest BCUT2D eigenvalue weighted by atomic mass is 10.1. The zero-order chi connectivity index (χ0) is 16.7. The van der Waals surface area contributed by atoms with Crippen LogP contribution < -0.4 is 5.56 Å². The summed E-state index contributed by atoms with van der Waals surface area (Å²) in [7, 11) is 0. The molecule has 0 aliphatic heterocycles. The SMILES string of the molecule is CC(C(=O)O)N(C(=O)c1cc(=O)[nH]c2c(Br)cccc12)C1CC1. The van der Waals surface area contributed by atoms with Crippen LogP contribution in [0.15, 0.2) is 33.5 Å². The number of benzene rings is 1. The number of para-hydroxylation sites is 1. The van der Waals surface area contributed by atoms with E-state index in [-0.39, 0.29) is 11.6 Å². The molecule has 0 saturated heterocycles. The van der Waals surface area contributed by atoms with Crippen LogP contribution in [0.4, 0.5) is 0 Å². The van der Waals surface area contributed by atoms with Gasteiger partial charge in [0.1, 0.15) is 6.04 Å². The fourth-order valence-corrected chi connectivity index (χ4v) is 3.15.